The predicted molar refractivity (Wildman–Crippen MR) is 107 cm³/mol. The number of aromatic nitrogens is 3. The van der Waals surface area contributed by atoms with E-state index in [0.29, 0.717) is 31.1 Å². The number of furan rings is 1. The number of rotatable bonds is 9. The van der Waals surface area contributed by atoms with E-state index in [2.05, 4.69) is 10.4 Å². The Morgan fingerprint density at radius 3 is 2.75 bits per heavy atom. The second kappa shape index (κ2) is 8.52. The second-order valence-electron chi connectivity index (χ2n) is 6.67. The molecule has 1 saturated carbocycles. The van der Waals surface area contributed by atoms with Gasteiger partial charge in [-0.05, 0) is 37.1 Å². The van der Waals surface area contributed by atoms with Gasteiger partial charge in [0.05, 0.1) is 12.8 Å². The third kappa shape index (κ3) is 4.39. The maximum atomic E-state index is 12.7. The van der Waals surface area contributed by atoms with Crippen LogP contribution in [-0.2, 0) is 11.3 Å². The molecule has 1 aliphatic rings. The molecule has 1 amide bonds. The summed E-state index contributed by atoms with van der Waals surface area (Å²) in [5, 5.41) is 7.30. The Kier molecular flexibility index (Phi) is 5.66. The molecule has 1 N–H and O–H groups in total. The van der Waals surface area contributed by atoms with Crippen molar-refractivity contribution in [2.45, 2.75) is 36.7 Å². The summed E-state index contributed by atoms with van der Waals surface area (Å²) in [6.45, 7) is 0.706. The van der Waals surface area contributed by atoms with E-state index >= 15 is 0 Å². The second-order valence-corrected chi connectivity index (χ2v) is 7.84. The van der Waals surface area contributed by atoms with Gasteiger partial charge in [-0.15, -0.1) is 16.9 Å². The lowest BCUT2D eigenvalue weighted by atomic mass is 10.4. The van der Waals surface area contributed by atoms with Crippen molar-refractivity contribution < 1.29 is 9.21 Å². The molecule has 1 aliphatic carbocycles. The maximum absolute atomic E-state index is 12.7. The van der Waals surface area contributed by atoms with Crippen molar-refractivity contribution in [3.63, 3.8) is 0 Å². The Morgan fingerprint density at radius 2 is 2.04 bits per heavy atom. The van der Waals surface area contributed by atoms with Crippen LogP contribution < -0.4 is 11.0 Å². The first-order chi connectivity index (χ1) is 13.7. The van der Waals surface area contributed by atoms with Gasteiger partial charge in [-0.2, -0.15) is 0 Å². The normalized spacial score (nSPS) is 13.6. The molecule has 0 bridgehead atoms. The van der Waals surface area contributed by atoms with Crippen molar-refractivity contribution in [3.05, 3.63) is 59.2 Å². The molecular weight excluding hydrogens is 376 g/mol. The van der Waals surface area contributed by atoms with Gasteiger partial charge in [0.2, 0.25) is 11.7 Å². The Labute approximate surface area is 166 Å². The molecule has 3 aromatic rings. The Hall–Kier alpha value is -2.74. The Balaban J connectivity index is 1.30. The SMILES string of the molecule is O=C(CCSc1ccccc1)NCCn1nc(-c2ccco2)n(C2CC2)c1=O. The average molecular weight is 398 g/mol. The molecule has 0 atom stereocenters. The summed E-state index contributed by atoms with van der Waals surface area (Å²) in [7, 11) is 0. The van der Waals surface area contributed by atoms with Crippen molar-refractivity contribution in [2.24, 2.45) is 0 Å². The third-order valence-electron chi connectivity index (χ3n) is 4.51. The summed E-state index contributed by atoms with van der Waals surface area (Å²) >= 11 is 1.65. The summed E-state index contributed by atoms with van der Waals surface area (Å²) in [6.07, 6.45) is 3.97. The molecule has 28 heavy (non-hydrogen) atoms. The Morgan fingerprint density at radius 1 is 1.21 bits per heavy atom. The van der Waals surface area contributed by atoms with Crippen LogP contribution in [0.4, 0.5) is 0 Å². The van der Waals surface area contributed by atoms with Crippen molar-refractivity contribution in [3.8, 4) is 11.6 Å². The lowest BCUT2D eigenvalue weighted by Gasteiger charge is -2.05. The number of hydrogen-bond donors (Lipinski definition) is 1. The molecule has 0 radical (unpaired) electrons. The number of nitrogens with zero attached hydrogens (tertiary/aromatic N) is 3. The lowest BCUT2D eigenvalue weighted by molar-refractivity contribution is -0.120. The first-order valence-electron chi connectivity index (χ1n) is 9.40. The van der Waals surface area contributed by atoms with E-state index in [9.17, 15) is 9.59 Å². The third-order valence-corrected chi connectivity index (χ3v) is 5.52. The zero-order valence-electron chi connectivity index (χ0n) is 15.4. The van der Waals surface area contributed by atoms with Crippen LogP contribution in [-0.4, -0.2) is 32.6 Å². The summed E-state index contributed by atoms with van der Waals surface area (Å²) < 4.78 is 8.54. The molecular formula is C20H22N4O3S. The smallest absolute Gasteiger partial charge is 0.346 e. The number of carbonyl (C=O) groups is 1. The van der Waals surface area contributed by atoms with Gasteiger partial charge >= 0.3 is 5.69 Å². The predicted octanol–water partition coefficient (Wildman–Crippen LogP) is 2.94. The van der Waals surface area contributed by atoms with E-state index in [4.69, 9.17) is 4.42 Å². The first kappa shape index (κ1) is 18.6. The number of nitrogens with one attached hydrogen (secondary N) is 1. The van der Waals surface area contributed by atoms with E-state index in [1.54, 1.807) is 34.7 Å². The van der Waals surface area contributed by atoms with Gasteiger partial charge in [0.15, 0.2) is 5.76 Å². The molecule has 0 saturated heterocycles. The van der Waals surface area contributed by atoms with Crippen LogP contribution in [0.5, 0.6) is 0 Å². The number of thioether (sulfide) groups is 1. The van der Waals surface area contributed by atoms with Crippen molar-refractivity contribution in [2.75, 3.05) is 12.3 Å². The summed E-state index contributed by atoms with van der Waals surface area (Å²) in [6, 6.07) is 13.8. The highest BCUT2D eigenvalue weighted by molar-refractivity contribution is 7.99. The van der Waals surface area contributed by atoms with E-state index in [0.717, 1.165) is 23.5 Å². The molecule has 7 nitrogen and oxygen atoms in total. The molecule has 0 aliphatic heterocycles. The van der Waals surface area contributed by atoms with Crippen molar-refractivity contribution in [1.82, 2.24) is 19.7 Å². The van der Waals surface area contributed by atoms with Crippen LogP contribution in [0.15, 0.2) is 62.8 Å². The minimum atomic E-state index is -0.150. The number of benzene rings is 1. The van der Waals surface area contributed by atoms with Crippen molar-refractivity contribution in [1.29, 1.82) is 0 Å². The van der Waals surface area contributed by atoms with Crippen LogP contribution in [0.25, 0.3) is 11.6 Å². The molecule has 4 rings (SSSR count). The van der Waals surface area contributed by atoms with Gasteiger partial charge in [-0.25, -0.2) is 9.48 Å². The number of amides is 1. The van der Waals surface area contributed by atoms with E-state index < -0.39 is 0 Å². The van der Waals surface area contributed by atoms with Crippen LogP contribution in [0.1, 0.15) is 25.3 Å². The molecule has 2 aromatic heterocycles. The van der Waals surface area contributed by atoms with Gasteiger partial charge in [0.1, 0.15) is 0 Å². The van der Waals surface area contributed by atoms with E-state index in [-0.39, 0.29) is 17.6 Å². The van der Waals surface area contributed by atoms with Gasteiger partial charge in [-0.3, -0.25) is 9.36 Å². The van der Waals surface area contributed by atoms with Gasteiger partial charge in [-0.1, -0.05) is 18.2 Å². The van der Waals surface area contributed by atoms with E-state index in [1.165, 1.54) is 4.68 Å². The molecule has 1 fully saturated rings. The zero-order chi connectivity index (χ0) is 19.3. The molecule has 1 aromatic carbocycles. The molecule has 146 valence electrons. The van der Waals surface area contributed by atoms with Crippen LogP contribution in [0.2, 0.25) is 0 Å². The minimum Gasteiger partial charge on any atom is -0.461 e. The average Bonchev–Trinajstić information content (AvgIpc) is 3.28. The topological polar surface area (TPSA) is 82.1 Å². The fraction of sp³-hybridized carbons (Fsp3) is 0.350. The summed E-state index contributed by atoms with van der Waals surface area (Å²) in [5.41, 5.74) is -0.150. The zero-order valence-corrected chi connectivity index (χ0v) is 16.2. The van der Waals surface area contributed by atoms with Crippen LogP contribution in [0, 0.1) is 0 Å². The van der Waals surface area contributed by atoms with E-state index in [1.807, 2.05) is 30.3 Å². The lowest BCUT2D eigenvalue weighted by Crippen LogP contribution is -2.32. The highest BCUT2D eigenvalue weighted by Gasteiger charge is 2.31. The minimum absolute atomic E-state index is 0.0237. The maximum Gasteiger partial charge on any atom is 0.346 e. The number of hydrogen-bond acceptors (Lipinski definition) is 5. The summed E-state index contributed by atoms with van der Waals surface area (Å²) in [5.74, 6) is 1.84. The Bertz CT molecular complexity index is 975. The number of carbonyl (C=O) groups excluding carboxylic acids is 1. The standard InChI is InChI=1S/C20H22N4O3S/c25-18(10-14-28-16-5-2-1-3-6-16)21-11-12-23-20(26)24(15-8-9-15)19(22-23)17-7-4-13-27-17/h1-7,13,15H,8-12,14H2,(H,21,25). The van der Waals surface area contributed by atoms with Crippen LogP contribution in [0.3, 0.4) is 0 Å². The van der Waals surface area contributed by atoms with Gasteiger partial charge in [0, 0.05) is 29.7 Å². The van der Waals surface area contributed by atoms with Crippen LogP contribution >= 0.6 is 11.8 Å². The quantitative estimate of drug-likeness (QED) is 0.561. The fourth-order valence-electron chi connectivity index (χ4n) is 2.97. The fourth-order valence-corrected chi connectivity index (χ4v) is 3.84. The highest BCUT2D eigenvalue weighted by Crippen LogP contribution is 2.36. The molecule has 0 unspecified atom stereocenters. The first-order valence-corrected chi connectivity index (χ1v) is 10.4. The monoisotopic (exact) mass is 398 g/mol. The van der Waals surface area contributed by atoms with Crippen molar-refractivity contribution >= 4 is 17.7 Å². The summed E-state index contributed by atoms with van der Waals surface area (Å²) in [4.78, 5) is 25.9. The highest BCUT2D eigenvalue weighted by atomic mass is 32.2. The molecule has 8 heteroatoms. The van der Waals surface area contributed by atoms with Gasteiger partial charge < -0.3 is 9.73 Å². The van der Waals surface area contributed by atoms with Gasteiger partial charge in [0.25, 0.3) is 0 Å². The largest absolute Gasteiger partial charge is 0.461 e. The molecule has 2 heterocycles. The molecule has 0 spiro atoms.